The molecular formula is C40H44N6O6. The number of benzene rings is 2. The third-order valence-electron chi connectivity index (χ3n) is 9.69. The summed E-state index contributed by atoms with van der Waals surface area (Å²) in [6.07, 6.45) is 7.48. The standard InChI is InChI=1S/C40H44N6O6/c1-23-29(7-5-9-33(23)43-39(51)35-15-31(25-11-12-25)27(17-41-35)19-45(3)21-37(47)48)30-8-6-10-34(24(30)2)44-40(52)36-16-32(26-13-14-26)28(18-42-36)20-46(4)22-38(49)50/h5-10,15-18,25-26H,11-14,19-22H2,1-4H3,(H,43,51)(H,44,52)(H,47,48)(H,49,50). The van der Waals surface area contributed by atoms with Crippen molar-refractivity contribution in [3.05, 3.63) is 106 Å². The smallest absolute Gasteiger partial charge is 0.317 e. The van der Waals surface area contributed by atoms with Crippen molar-refractivity contribution >= 4 is 35.1 Å². The minimum atomic E-state index is -0.897. The highest BCUT2D eigenvalue weighted by Crippen LogP contribution is 2.43. The number of aromatic nitrogens is 2. The van der Waals surface area contributed by atoms with Gasteiger partial charge in [-0.3, -0.25) is 38.9 Å². The van der Waals surface area contributed by atoms with Crippen LogP contribution in [0.25, 0.3) is 11.1 Å². The van der Waals surface area contributed by atoms with Crippen LogP contribution < -0.4 is 10.6 Å². The van der Waals surface area contributed by atoms with Gasteiger partial charge in [-0.05, 0) is 134 Å². The minimum absolute atomic E-state index is 0.0834. The normalized spacial score (nSPS) is 14.0. The number of rotatable bonds is 15. The zero-order valence-electron chi connectivity index (χ0n) is 29.9. The van der Waals surface area contributed by atoms with Crippen molar-refractivity contribution < 1.29 is 29.4 Å². The highest BCUT2D eigenvalue weighted by atomic mass is 16.4. The van der Waals surface area contributed by atoms with E-state index >= 15 is 0 Å². The van der Waals surface area contributed by atoms with E-state index in [1.165, 1.54) is 0 Å². The Morgan fingerprint density at radius 2 is 1.06 bits per heavy atom. The van der Waals surface area contributed by atoms with E-state index in [9.17, 15) is 19.2 Å². The van der Waals surface area contributed by atoms with Crippen molar-refractivity contribution in [2.75, 3.05) is 37.8 Å². The average molecular weight is 705 g/mol. The molecule has 2 heterocycles. The van der Waals surface area contributed by atoms with Gasteiger partial charge in [-0.25, -0.2) is 0 Å². The Kier molecular flexibility index (Phi) is 10.8. The lowest BCUT2D eigenvalue weighted by molar-refractivity contribution is -0.139. The lowest BCUT2D eigenvalue weighted by Crippen LogP contribution is -2.26. The topological polar surface area (TPSA) is 165 Å². The number of hydrogen-bond acceptors (Lipinski definition) is 8. The van der Waals surface area contributed by atoms with E-state index in [2.05, 4.69) is 20.6 Å². The summed E-state index contributed by atoms with van der Waals surface area (Å²) in [4.78, 5) is 61.7. The molecule has 2 aromatic carbocycles. The number of carbonyl (C=O) groups is 4. The predicted molar refractivity (Wildman–Crippen MR) is 198 cm³/mol. The van der Waals surface area contributed by atoms with Crippen LogP contribution in [-0.4, -0.2) is 80.9 Å². The number of likely N-dealkylation sites (N-methyl/N-ethyl adjacent to an activating group) is 2. The second-order valence-electron chi connectivity index (χ2n) is 14.1. The van der Waals surface area contributed by atoms with Gasteiger partial charge in [0, 0.05) is 36.9 Å². The largest absolute Gasteiger partial charge is 0.480 e. The first-order chi connectivity index (χ1) is 24.9. The number of carboxylic acid groups (broad SMARTS) is 2. The fourth-order valence-electron chi connectivity index (χ4n) is 6.71. The number of aliphatic carboxylic acids is 2. The van der Waals surface area contributed by atoms with Gasteiger partial charge >= 0.3 is 11.9 Å². The van der Waals surface area contributed by atoms with E-state index in [1.807, 2.05) is 62.4 Å². The summed E-state index contributed by atoms with van der Waals surface area (Å²) in [6.45, 7) is 4.59. The maximum absolute atomic E-state index is 13.5. The highest BCUT2D eigenvalue weighted by molar-refractivity contribution is 6.05. The zero-order valence-corrected chi connectivity index (χ0v) is 29.9. The van der Waals surface area contributed by atoms with Gasteiger partial charge in [0.1, 0.15) is 11.4 Å². The van der Waals surface area contributed by atoms with Crippen LogP contribution in [-0.2, 0) is 22.7 Å². The summed E-state index contributed by atoms with van der Waals surface area (Å²) in [7, 11) is 3.50. The van der Waals surface area contributed by atoms with Gasteiger partial charge in [-0.1, -0.05) is 24.3 Å². The summed E-state index contributed by atoms with van der Waals surface area (Å²) in [5, 5.41) is 24.4. The number of carbonyl (C=O) groups excluding carboxylic acids is 2. The van der Waals surface area contributed by atoms with Crippen LogP contribution >= 0.6 is 0 Å². The third kappa shape index (κ3) is 8.70. The summed E-state index contributed by atoms with van der Waals surface area (Å²) in [6, 6.07) is 15.1. The van der Waals surface area contributed by atoms with Crippen LogP contribution in [0.4, 0.5) is 11.4 Å². The monoisotopic (exact) mass is 704 g/mol. The fourth-order valence-corrected chi connectivity index (χ4v) is 6.71. The molecule has 2 aromatic heterocycles. The Bertz CT molecular complexity index is 1890. The van der Waals surface area contributed by atoms with E-state index in [-0.39, 0.29) is 24.9 Å². The van der Waals surface area contributed by atoms with E-state index in [0.717, 1.165) is 70.2 Å². The maximum atomic E-state index is 13.5. The quantitative estimate of drug-likeness (QED) is 0.114. The maximum Gasteiger partial charge on any atom is 0.317 e. The molecule has 0 radical (unpaired) electrons. The van der Waals surface area contributed by atoms with Crippen LogP contribution in [0.1, 0.15) is 91.9 Å². The number of nitrogens with zero attached hydrogens (tertiary/aromatic N) is 4. The molecule has 2 aliphatic rings. The number of carboxylic acids is 2. The molecule has 0 spiro atoms. The van der Waals surface area contributed by atoms with E-state index < -0.39 is 11.9 Å². The Balaban J connectivity index is 1.18. The fraction of sp³-hybridized carbons (Fsp3) is 0.350. The van der Waals surface area contributed by atoms with Gasteiger partial charge < -0.3 is 20.8 Å². The molecule has 2 amide bonds. The summed E-state index contributed by atoms with van der Waals surface area (Å²) < 4.78 is 0. The van der Waals surface area contributed by atoms with Gasteiger partial charge in [-0.15, -0.1) is 0 Å². The van der Waals surface area contributed by atoms with Crippen LogP contribution in [0, 0.1) is 13.8 Å². The summed E-state index contributed by atoms with van der Waals surface area (Å²) in [5.74, 6) is -1.77. The predicted octanol–water partition coefficient (Wildman–Crippen LogP) is 6.05. The molecule has 0 bridgehead atoms. The minimum Gasteiger partial charge on any atom is -0.480 e. The highest BCUT2D eigenvalue weighted by Gasteiger charge is 2.29. The Hall–Kier alpha value is -5.46. The van der Waals surface area contributed by atoms with E-state index in [1.54, 1.807) is 36.3 Å². The molecule has 4 aromatic rings. The molecule has 2 saturated carbocycles. The van der Waals surface area contributed by atoms with Gasteiger partial charge in [-0.2, -0.15) is 0 Å². The van der Waals surface area contributed by atoms with Crippen molar-refractivity contribution in [2.45, 2.75) is 64.5 Å². The van der Waals surface area contributed by atoms with Crippen molar-refractivity contribution in [1.29, 1.82) is 0 Å². The van der Waals surface area contributed by atoms with E-state index in [0.29, 0.717) is 47.7 Å². The lowest BCUT2D eigenvalue weighted by atomic mass is 9.94. The average Bonchev–Trinajstić information content (AvgIpc) is 4.01. The molecule has 4 N–H and O–H groups in total. The molecule has 6 rings (SSSR count). The molecule has 2 fully saturated rings. The molecule has 12 nitrogen and oxygen atoms in total. The van der Waals surface area contributed by atoms with Crippen LogP contribution in [0.5, 0.6) is 0 Å². The number of hydrogen-bond donors (Lipinski definition) is 4. The van der Waals surface area contributed by atoms with Gasteiger partial charge in [0.05, 0.1) is 13.1 Å². The van der Waals surface area contributed by atoms with Crippen LogP contribution in [0.15, 0.2) is 60.9 Å². The number of amides is 2. The SMILES string of the molecule is Cc1c(NC(=O)c2cc(C3CC3)c(CN(C)CC(=O)O)cn2)cccc1-c1cccc(NC(=O)c2cc(C3CC3)c(CN(C)CC(=O)O)cn2)c1C. The lowest BCUT2D eigenvalue weighted by Gasteiger charge is -2.18. The molecule has 0 unspecified atom stereocenters. The molecule has 12 heteroatoms. The number of anilines is 2. The summed E-state index contributed by atoms with van der Waals surface area (Å²) in [5.41, 5.74) is 9.34. The Morgan fingerprint density at radius 1 is 0.673 bits per heavy atom. The molecule has 52 heavy (non-hydrogen) atoms. The Morgan fingerprint density at radius 3 is 1.40 bits per heavy atom. The van der Waals surface area contributed by atoms with Gasteiger partial charge in [0.25, 0.3) is 11.8 Å². The van der Waals surface area contributed by atoms with Gasteiger partial charge in [0.2, 0.25) is 0 Å². The summed E-state index contributed by atoms with van der Waals surface area (Å²) >= 11 is 0. The van der Waals surface area contributed by atoms with Crippen molar-refractivity contribution in [3.8, 4) is 11.1 Å². The first-order valence-electron chi connectivity index (χ1n) is 17.5. The van der Waals surface area contributed by atoms with Crippen molar-refractivity contribution in [1.82, 2.24) is 19.8 Å². The van der Waals surface area contributed by atoms with Crippen molar-refractivity contribution in [2.24, 2.45) is 0 Å². The Labute approximate surface area is 302 Å². The molecule has 0 saturated heterocycles. The first kappa shape index (κ1) is 36.3. The molecular weight excluding hydrogens is 660 g/mol. The van der Waals surface area contributed by atoms with Gasteiger partial charge in [0.15, 0.2) is 0 Å². The molecule has 2 aliphatic carbocycles. The van der Waals surface area contributed by atoms with Crippen molar-refractivity contribution in [3.63, 3.8) is 0 Å². The number of nitrogens with one attached hydrogen (secondary N) is 2. The van der Waals surface area contributed by atoms with Crippen LogP contribution in [0.2, 0.25) is 0 Å². The van der Waals surface area contributed by atoms with Crippen LogP contribution in [0.3, 0.4) is 0 Å². The first-order valence-corrected chi connectivity index (χ1v) is 17.5. The molecule has 0 aliphatic heterocycles. The zero-order chi connectivity index (χ0) is 37.1. The second-order valence-corrected chi connectivity index (χ2v) is 14.1. The molecule has 270 valence electrons. The molecule has 0 atom stereocenters. The third-order valence-corrected chi connectivity index (χ3v) is 9.69. The number of pyridine rings is 2. The van der Waals surface area contributed by atoms with E-state index in [4.69, 9.17) is 10.2 Å². The second kappa shape index (κ2) is 15.4.